The summed E-state index contributed by atoms with van der Waals surface area (Å²) in [5, 5.41) is 18.8. The minimum absolute atomic E-state index is 0.533. The number of hydrogen-bond donors (Lipinski definition) is 1. The van der Waals surface area contributed by atoms with Crippen LogP contribution >= 0.6 is 0 Å². The predicted octanol–water partition coefficient (Wildman–Crippen LogP) is 2.86. The van der Waals surface area contributed by atoms with E-state index in [0.717, 1.165) is 23.5 Å². The van der Waals surface area contributed by atoms with E-state index in [-0.39, 0.29) is 0 Å². The SMILES string of the molecule is Cc1cccc(C(O)CN(Cc2ccccc2)Cc2nncn2C)c1. The minimum atomic E-state index is -0.545. The summed E-state index contributed by atoms with van der Waals surface area (Å²) in [5.74, 6) is 0.882. The number of hydrogen-bond acceptors (Lipinski definition) is 4. The van der Waals surface area contributed by atoms with Crippen LogP contribution in [0.4, 0.5) is 0 Å². The van der Waals surface area contributed by atoms with Crippen LogP contribution in [0.3, 0.4) is 0 Å². The first kappa shape index (κ1) is 17.3. The standard InChI is InChI=1S/C20H24N4O/c1-16-7-6-10-18(11-16)19(25)13-24(12-17-8-4-3-5-9-17)14-20-22-21-15-23(20)2/h3-11,15,19,25H,12-14H2,1-2H3. The summed E-state index contributed by atoms with van der Waals surface area (Å²) in [6, 6.07) is 18.3. The summed E-state index contributed by atoms with van der Waals surface area (Å²) >= 11 is 0. The van der Waals surface area contributed by atoms with Crippen molar-refractivity contribution in [3.05, 3.63) is 83.4 Å². The van der Waals surface area contributed by atoms with Crippen molar-refractivity contribution in [2.45, 2.75) is 26.1 Å². The normalized spacial score (nSPS) is 12.5. The summed E-state index contributed by atoms with van der Waals surface area (Å²) in [4.78, 5) is 2.20. The Kier molecular flexibility index (Phi) is 5.58. The van der Waals surface area contributed by atoms with Crippen molar-refractivity contribution in [2.75, 3.05) is 6.54 Å². The van der Waals surface area contributed by atoms with Crippen molar-refractivity contribution in [3.8, 4) is 0 Å². The summed E-state index contributed by atoms with van der Waals surface area (Å²) < 4.78 is 1.91. The number of rotatable bonds is 7. The van der Waals surface area contributed by atoms with Crippen LogP contribution in [-0.2, 0) is 20.1 Å². The van der Waals surface area contributed by atoms with Gasteiger partial charge in [-0.25, -0.2) is 0 Å². The predicted molar refractivity (Wildman–Crippen MR) is 97.7 cm³/mol. The topological polar surface area (TPSA) is 54.2 Å². The molecule has 1 unspecified atom stereocenters. The fraction of sp³-hybridized carbons (Fsp3) is 0.300. The third-order valence-corrected chi connectivity index (χ3v) is 4.28. The molecule has 0 amide bonds. The van der Waals surface area contributed by atoms with Crippen LogP contribution in [-0.4, -0.2) is 31.3 Å². The third-order valence-electron chi connectivity index (χ3n) is 4.28. The number of aliphatic hydroxyl groups is 1. The molecule has 1 atom stereocenters. The number of aromatic nitrogens is 3. The van der Waals surface area contributed by atoms with Crippen LogP contribution < -0.4 is 0 Å². The van der Waals surface area contributed by atoms with E-state index in [4.69, 9.17) is 0 Å². The van der Waals surface area contributed by atoms with Crippen LogP contribution in [0.15, 0.2) is 60.9 Å². The van der Waals surface area contributed by atoms with Gasteiger partial charge in [-0.05, 0) is 18.1 Å². The van der Waals surface area contributed by atoms with Gasteiger partial charge in [-0.1, -0.05) is 60.2 Å². The Morgan fingerprint density at radius 1 is 1.08 bits per heavy atom. The highest BCUT2D eigenvalue weighted by Gasteiger charge is 2.16. The third kappa shape index (κ3) is 4.75. The van der Waals surface area contributed by atoms with Gasteiger partial charge in [0.1, 0.15) is 12.2 Å². The van der Waals surface area contributed by atoms with Crippen molar-refractivity contribution in [1.29, 1.82) is 0 Å². The molecule has 1 N–H and O–H groups in total. The van der Waals surface area contributed by atoms with Crippen LogP contribution in [0.5, 0.6) is 0 Å². The minimum Gasteiger partial charge on any atom is -0.387 e. The van der Waals surface area contributed by atoms with Crippen molar-refractivity contribution in [1.82, 2.24) is 19.7 Å². The van der Waals surface area contributed by atoms with Crippen LogP contribution in [0.25, 0.3) is 0 Å². The number of nitrogens with zero attached hydrogens (tertiary/aromatic N) is 4. The van der Waals surface area contributed by atoms with Crippen LogP contribution in [0, 0.1) is 6.92 Å². The molecule has 0 aliphatic carbocycles. The first-order valence-corrected chi connectivity index (χ1v) is 8.45. The summed E-state index contributed by atoms with van der Waals surface area (Å²) in [7, 11) is 1.94. The Balaban J connectivity index is 1.76. The van der Waals surface area contributed by atoms with Crippen LogP contribution in [0.1, 0.15) is 28.6 Å². The van der Waals surface area contributed by atoms with E-state index in [2.05, 4.69) is 27.2 Å². The molecule has 5 heteroatoms. The molecule has 0 saturated carbocycles. The molecule has 0 fully saturated rings. The molecule has 130 valence electrons. The molecular weight excluding hydrogens is 312 g/mol. The number of aliphatic hydroxyl groups excluding tert-OH is 1. The zero-order chi connectivity index (χ0) is 17.6. The maximum atomic E-state index is 10.7. The average molecular weight is 336 g/mol. The molecule has 0 saturated heterocycles. The molecule has 0 bridgehead atoms. The highest BCUT2D eigenvalue weighted by molar-refractivity contribution is 5.24. The van der Waals surface area contributed by atoms with Gasteiger partial charge in [0, 0.05) is 20.1 Å². The second-order valence-corrected chi connectivity index (χ2v) is 6.44. The fourth-order valence-electron chi connectivity index (χ4n) is 2.90. The molecule has 0 spiro atoms. The van der Waals surface area contributed by atoms with Gasteiger partial charge >= 0.3 is 0 Å². The van der Waals surface area contributed by atoms with Crippen molar-refractivity contribution in [3.63, 3.8) is 0 Å². The largest absolute Gasteiger partial charge is 0.387 e. The molecule has 3 rings (SSSR count). The zero-order valence-corrected chi connectivity index (χ0v) is 14.7. The summed E-state index contributed by atoms with van der Waals surface area (Å²) in [5.41, 5.74) is 3.30. The fourth-order valence-corrected chi connectivity index (χ4v) is 2.90. The van der Waals surface area contributed by atoms with Gasteiger partial charge in [0.25, 0.3) is 0 Å². The van der Waals surface area contributed by atoms with E-state index in [0.29, 0.717) is 13.1 Å². The zero-order valence-electron chi connectivity index (χ0n) is 14.7. The lowest BCUT2D eigenvalue weighted by Crippen LogP contribution is -2.29. The highest BCUT2D eigenvalue weighted by atomic mass is 16.3. The van der Waals surface area contributed by atoms with E-state index in [1.54, 1.807) is 6.33 Å². The Morgan fingerprint density at radius 3 is 2.56 bits per heavy atom. The molecular formula is C20H24N4O. The Labute approximate surface area is 148 Å². The summed E-state index contributed by atoms with van der Waals surface area (Å²) in [6.07, 6.45) is 1.16. The summed E-state index contributed by atoms with van der Waals surface area (Å²) in [6.45, 7) is 3.95. The van der Waals surface area contributed by atoms with Gasteiger partial charge in [0.05, 0.1) is 12.6 Å². The Hall–Kier alpha value is -2.50. The van der Waals surface area contributed by atoms with Crippen molar-refractivity contribution in [2.24, 2.45) is 7.05 Å². The van der Waals surface area contributed by atoms with Gasteiger partial charge in [0.15, 0.2) is 0 Å². The first-order chi connectivity index (χ1) is 12.1. The lowest BCUT2D eigenvalue weighted by atomic mass is 10.1. The first-order valence-electron chi connectivity index (χ1n) is 8.45. The van der Waals surface area contributed by atoms with E-state index in [1.807, 2.05) is 61.0 Å². The smallest absolute Gasteiger partial charge is 0.146 e. The maximum Gasteiger partial charge on any atom is 0.146 e. The maximum absolute atomic E-state index is 10.7. The quantitative estimate of drug-likeness (QED) is 0.721. The number of benzene rings is 2. The Bertz CT molecular complexity index is 800. The molecule has 5 nitrogen and oxygen atoms in total. The monoisotopic (exact) mass is 336 g/mol. The van der Waals surface area contributed by atoms with E-state index < -0.39 is 6.10 Å². The molecule has 1 aromatic heterocycles. The highest BCUT2D eigenvalue weighted by Crippen LogP contribution is 2.18. The molecule has 0 aliphatic heterocycles. The lowest BCUT2D eigenvalue weighted by molar-refractivity contribution is 0.103. The second kappa shape index (κ2) is 8.05. The van der Waals surface area contributed by atoms with E-state index >= 15 is 0 Å². The van der Waals surface area contributed by atoms with Gasteiger partial charge in [-0.15, -0.1) is 10.2 Å². The molecule has 0 aliphatic rings. The van der Waals surface area contributed by atoms with Gasteiger partial charge in [0.2, 0.25) is 0 Å². The van der Waals surface area contributed by atoms with E-state index in [1.165, 1.54) is 5.56 Å². The average Bonchev–Trinajstić information content (AvgIpc) is 3.00. The van der Waals surface area contributed by atoms with Gasteiger partial charge in [-0.2, -0.15) is 0 Å². The molecule has 1 heterocycles. The lowest BCUT2D eigenvalue weighted by Gasteiger charge is -2.25. The second-order valence-electron chi connectivity index (χ2n) is 6.44. The van der Waals surface area contributed by atoms with Crippen molar-refractivity contribution < 1.29 is 5.11 Å². The Morgan fingerprint density at radius 2 is 1.88 bits per heavy atom. The molecule has 2 aromatic carbocycles. The van der Waals surface area contributed by atoms with Crippen LogP contribution in [0.2, 0.25) is 0 Å². The number of aryl methyl sites for hydroxylation is 2. The molecule has 3 aromatic rings. The van der Waals surface area contributed by atoms with Gasteiger partial charge < -0.3 is 9.67 Å². The molecule has 25 heavy (non-hydrogen) atoms. The molecule has 0 radical (unpaired) electrons. The van der Waals surface area contributed by atoms with E-state index in [9.17, 15) is 5.11 Å². The van der Waals surface area contributed by atoms with Gasteiger partial charge in [-0.3, -0.25) is 4.90 Å². The van der Waals surface area contributed by atoms with Crippen molar-refractivity contribution >= 4 is 0 Å².